The maximum atomic E-state index is 13.4. The minimum Gasteiger partial charge on any atom is -0.369 e. The van der Waals surface area contributed by atoms with Gasteiger partial charge in [-0.1, -0.05) is 25.0 Å². The van der Waals surface area contributed by atoms with Crippen molar-refractivity contribution < 1.29 is 4.79 Å². The number of benzene rings is 1. The molecule has 1 aliphatic carbocycles. The Balaban J connectivity index is 1.51. The van der Waals surface area contributed by atoms with Crippen molar-refractivity contribution >= 4 is 22.5 Å². The molecule has 1 N–H and O–H groups in total. The standard InChI is InChI=1S/C26H31N5O2/c1-17-22-16-28-23(15-19-7-9-20(10-8-19)30-13-11-27-12-14-30)29-25(22)31(21-5-3-4-6-21)26(33)24(17)18(2)32/h7-10,16,21,27H,3-6,11-15H2,1-2H3. The summed E-state index contributed by atoms with van der Waals surface area (Å²) in [4.78, 5) is 37.5. The van der Waals surface area contributed by atoms with Gasteiger partial charge >= 0.3 is 0 Å². The van der Waals surface area contributed by atoms with E-state index < -0.39 is 0 Å². The minimum absolute atomic E-state index is 0.0970. The van der Waals surface area contributed by atoms with Crippen LogP contribution >= 0.6 is 0 Å². The van der Waals surface area contributed by atoms with Gasteiger partial charge in [0.2, 0.25) is 0 Å². The van der Waals surface area contributed by atoms with Crippen molar-refractivity contribution in [2.75, 3.05) is 31.1 Å². The SMILES string of the molecule is CC(=O)c1c(C)c2cnc(Cc3ccc(N4CCNCC4)cc3)nc2n(C2CCCC2)c1=O. The summed E-state index contributed by atoms with van der Waals surface area (Å²) in [6.45, 7) is 7.37. The lowest BCUT2D eigenvalue weighted by atomic mass is 10.0. The lowest BCUT2D eigenvalue weighted by Crippen LogP contribution is -2.43. The molecule has 2 fully saturated rings. The maximum Gasteiger partial charge on any atom is 0.263 e. The molecule has 1 aliphatic heterocycles. The molecule has 7 nitrogen and oxygen atoms in total. The van der Waals surface area contributed by atoms with Crippen LogP contribution in [0.25, 0.3) is 11.0 Å². The van der Waals surface area contributed by atoms with Crippen LogP contribution in [0.5, 0.6) is 0 Å². The van der Waals surface area contributed by atoms with Gasteiger partial charge in [-0.25, -0.2) is 9.97 Å². The first kappa shape index (κ1) is 21.8. The lowest BCUT2D eigenvalue weighted by molar-refractivity contribution is 0.101. The Morgan fingerprint density at radius 1 is 1.12 bits per heavy atom. The summed E-state index contributed by atoms with van der Waals surface area (Å²) in [5.41, 5.74) is 3.79. The van der Waals surface area contributed by atoms with E-state index in [0.717, 1.165) is 62.8 Å². The number of aryl methyl sites for hydroxylation is 1. The van der Waals surface area contributed by atoms with Gasteiger partial charge in [-0.15, -0.1) is 0 Å². The number of aromatic nitrogens is 3. The Morgan fingerprint density at radius 3 is 2.48 bits per heavy atom. The van der Waals surface area contributed by atoms with E-state index in [1.54, 1.807) is 10.8 Å². The number of Topliss-reactive ketones (excluding diaryl/α,β-unsaturated/α-hetero) is 1. The van der Waals surface area contributed by atoms with Gasteiger partial charge in [-0.3, -0.25) is 14.2 Å². The molecule has 0 bridgehead atoms. The zero-order chi connectivity index (χ0) is 22.9. The molecule has 1 saturated carbocycles. The molecule has 0 atom stereocenters. The first-order valence-corrected chi connectivity index (χ1v) is 12.0. The number of anilines is 1. The Bertz CT molecular complexity index is 1240. The zero-order valence-corrected chi connectivity index (χ0v) is 19.4. The highest BCUT2D eigenvalue weighted by Gasteiger charge is 2.25. The van der Waals surface area contributed by atoms with Gasteiger partial charge in [0.05, 0.1) is 5.56 Å². The summed E-state index contributed by atoms with van der Waals surface area (Å²) in [6.07, 6.45) is 6.48. The average Bonchev–Trinajstić information content (AvgIpc) is 3.34. The number of nitrogens with zero attached hydrogens (tertiary/aromatic N) is 4. The third-order valence-electron chi connectivity index (χ3n) is 7.08. The maximum absolute atomic E-state index is 13.4. The van der Waals surface area contributed by atoms with Gasteiger partial charge in [0, 0.05) is 55.9 Å². The van der Waals surface area contributed by atoms with Gasteiger partial charge in [-0.2, -0.15) is 0 Å². The second kappa shape index (κ2) is 9.06. The lowest BCUT2D eigenvalue weighted by Gasteiger charge is -2.29. The zero-order valence-electron chi connectivity index (χ0n) is 19.4. The number of carbonyl (C=O) groups excluding carboxylic acids is 1. The number of ketones is 1. The second-order valence-electron chi connectivity index (χ2n) is 9.27. The van der Waals surface area contributed by atoms with E-state index in [1.807, 2.05) is 6.92 Å². The van der Waals surface area contributed by atoms with Gasteiger partial charge < -0.3 is 10.2 Å². The van der Waals surface area contributed by atoms with E-state index in [0.29, 0.717) is 23.5 Å². The van der Waals surface area contributed by atoms with Gasteiger partial charge in [-0.05, 0) is 49.9 Å². The Labute approximate surface area is 193 Å². The molecular formula is C26H31N5O2. The van der Waals surface area contributed by atoms with Gasteiger partial charge in [0.15, 0.2) is 5.78 Å². The van der Waals surface area contributed by atoms with E-state index in [2.05, 4.69) is 39.5 Å². The second-order valence-corrected chi connectivity index (χ2v) is 9.27. The largest absolute Gasteiger partial charge is 0.369 e. The van der Waals surface area contributed by atoms with Crippen molar-refractivity contribution in [3.05, 3.63) is 63.3 Å². The molecular weight excluding hydrogens is 414 g/mol. The van der Waals surface area contributed by atoms with Crippen LogP contribution in [0, 0.1) is 6.92 Å². The van der Waals surface area contributed by atoms with Crippen molar-refractivity contribution in [3.63, 3.8) is 0 Å². The molecule has 5 rings (SSSR count). The molecule has 0 radical (unpaired) electrons. The third-order valence-corrected chi connectivity index (χ3v) is 7.08. The molecule has 3 aromatic rings. The Kier molecular flexibility index (Phi) is 5.98. The molecule has 0 unspecified atom stereocenters. The van der Waals surface area contributed by atoms with Crippen molar-refractivity contribution in [1.29, 1.82) is 0 Å². The quantitative estimate of drug-likeness (QED) is 0.606. The molecule has 1 saturated heterocycles. The molecule has 33 heavy (non-hydrogen) atoms. The van der Waals surface area contributed by atoms with Crippen LogP contribution < -0.4 is 15.8 Å². The number of fused-ring (bicyclic) bond motifs is 1. The predicted octanol–water partition coefficient (Wildman–Crippen LogP) is 3.42. The number of hydrogen-bond acceptors (Lipinski definition) is 6. The molecule has 2 aromatic heterocycles. The normalized spacial score (nSPS) is 17.1. The highest BCUT2D eigenvalue weighted by atomic mass is 16.1. The van der Waals surface area contributed by atoms with Crippen LogP contribution in [0.15, 0.2) is 35.3 Å². The fraction of sp³-hybridized carbons (Fsp3) is 0.462. The van der Waals surface area contributed by atoms with Crippen molar-refractivity contribution in [1.82, 2.24) is 19.9 Å². The van der Waals surface area contributed by atoms with Crippen LogP contribution in [0.3, 0.4) is 0 Å². The average molecular weight is 446 g/mol. The number of rotatable bonds is 5. The number of hydrogen-bond donors (Lipinski definition) is 1. The molecule has 3 heterocycles. The first-order valence-electron chi connectivity index (χ1n) is 12.0. The highest BCUT2D eigenvalue weighted by molar-refractivity contribution is 5.99. The molecule has 172 valence electrons. The molecule has 0 amide bonds. The number of piperazine rings is 1. The van der Waals surface area contributed by atoms with E-state index in [9.17, 15) is 9.59 Å². The number of pyridine rings is 1. The van der Waals surface area contributed by atoms with Crippen molar-refractivity contribution in [2.24, 2.45) is 0 Å². The van der Waals surface area contributed by atoms with Crippen molar-refractivity contribution in [3.8, 4) is 0 Å². The van der Waals surface area contributed by atoms with Crippen molar-refractivity contribution in [2.45, 2.75) is 52.0 Å². The van der Waals surface area contributed by atoms with Crippen LogP contribution in [-0.2, 0) is 6.42 Å². The number of carbonyl (C=O) groups is 1. The van der Waals surface area contributed by atoms with Crippen LogP contribution in [0.1, 0.15) is 66.0 Å². The molecule has 7 heteroatoms. The topological polar surface area (TPSA) is 80.1 Å². The summed E-state index contributed by atoms with van der Waals surface area (Å²) in [5.74, 6) is 0.498. The van der Waals surface area contributed by atoms with E-state index in [4.69, 9.17) is 4.98 Å². The first-order chi connectivity index (χ1) is 16.0. The van der Waals surface area contributed by atoms with Crippen LogP contribution in [0.2, 0.25) is 0 Å². The van der Waals surface area contributed by atoms with Crippen LogP contribution in [0.4, 0.5) is 5.69 Å². The Hall–Kier alpha value is -3.06. The van der Waals surface area contributed by atoms with Gasteiger partial charge in [0.25, 0.3) is 5.56 Å². The van der Waals surface area contributed by atoms with E-state index in [-0.39, 0.29) is 22.9 Å². The fourth-order valence-electron chi connectivity index (χ4n) is 5.30. The molecule has 0 spiro atoms. The van der Waals surface area contributed by atoms with Gasteiger partial charge in [0.1, 0.15) is 11.5 Å². The van der Waals surface area contributed by atoms with E-state index in [1.165, 1.54) is 12.6 Å². The van der Waals surface area contributed by atoms with E-state index >= 15 is 0 Å². The number of nitrogens with one attached hydrogen (secondary N) is 1. The summed E-state index contributed by atoms with van der Waals surface area (Å²) in [7, 11) is 0. The highest BCUT2D eigenvalue weighted by Crippen LogP contribution is 2.31. The summed E-state index contributed by atoms with van der Waals surface area (Å²) in [6, 6.07) is 8.71. The summed E-state index contributed by atoms with van der Waals surface area (Å²) in [5, 5.41) is 4.18. The summed E-state index contributed by atoms with van der Waals surface area (Å²) >= 11 is 0. The monoisotopic (exact) mass is 445 g/mol. The smallest absolute Gasteiger partial charge is 0.263 e. The minimum atomic E-state index is -0.204. The fourth-order valence-corrected chi connectivity index (χ4v) is 5.30. The molecule has 2 aliphatic rings. The van der Waals surface area contributed by atoms with Crippen LogP contribution in [-0.4, -0.2) is 46.5 Å². The summed E-state index contributed by atoms with van der Waals surface area (Å²) < 4.78 is 1.78. The molecule has 1 aromatic carbocycles. The Morgan fingerprint density at radius 2 is 1.82 bits per heavy atom. The third kappa shape index (κ3) is 4.17. The predicted molar refractivity (Wildman–Crippen MR) is 130 cm³/mol.